The first-order chi connectivity index (χ1) is 10.1. The standard InChI is InChI=1S/C15H12N2O3S/c18-15(11-6-2-1-3-7-11)17-16-13-10-21(19,20)14-9-5-4-8-12(13)14/h1-10,16H,(H,17,18). The van der Waals surface area contributed by atoms with Gasteiger partial charge in [-0.25, -0.2) is 8.42 Å². The number of rotatable bonds is 3. The highest BCUT2D eigenvalue weighted by atomic mass is 32.2. The highest BCUT2D eigenvalue weighted by molar-refractivity contribution is 7.95. The summed E-state index contributed by atoms with van der Waals surface area (Å²) in [5.41, 5.74) is 6.56. The Morgan fingerprint density at radius 1 is 0.905 bits per heavy atom. The molecular weight excluding hydrogens is 288 g/mol. The van der Waals surface area contributed by atoms with E-state index in [9.17, 15) is 13.2 Å². The first-order valence-corrected chi connectivity index (χ1v) is 7.80. The van der Waals surface area contributed by atoms with Crippen molar-refractivity contribution in [2.24, 2.45) is 0 Å². The Kier molecular flexibility index (Phi) is 3.23. The molecule has 1 amide bonds. The predicted octanol–water partition coefficient (Wildman–Crippen LogP) is 1.71. The van der Waals surface area contributed by atoms with Crippen molar-refractivity contribution in [3.63, 3.8) is 0 Å². The van der Waals surface area contributed by atoms with Gasteiger partial charge in [0.05, 0.1) is 16.0 Å². The number of sulfone groups is 1. The second-order valence-corrected chi connectivity index (χ2v) is 6.28. The quantitative estimate of drug-likeness (QED) is 0.846. The van der Waals surface area contributed by atoms with Crippen LogP contribution in [-0.2, 0) is 9.84 Å². The third kappa shape index (κ3) is 2.53. The van der Waals surface area contributed by atoms with Crippen molar-refractivity contribution in [1.82, 2.24) is 10.9 Å². The summed E-state index contributed by atoms with van der Waals surface area (Å²) in [5.74, 6) is -0.335. The van der Waals surface area contributed by atoms with Gasteiger partial charge in [-0.3, -0.25) is 15.6 Å². The fourth-order valence-corrected chi connectivity index (χ4v) is 3.48. The molecule has 106 valence electrons. The minimum atomic E-state index is -3.44. The average Bonchev–Trinajstić information content (AvgIpc) is 2.77. The average molecular weight is 300 g/mol. The summed E-state index contributed by atoms with van der Waals surface area (Å²) in [4.78, 5) is 12.2. The van der Waals surface area contributed by atoms with E-state index in [1.54, 1.807) is 42.5 Å². The number of hydrogen-bond acceptors (Lipinski definition) is 4. The Bertz CT molecular complexity index is 827. The molecule has 0 atom stereocenters. The van der Waals surface area contributed by atoms with Crippen LogP contribution in [0.25, 0.3) is 5.70 Å². The van der Waals surface area contributed by atoms with Gasteiger partial charge in [0.15, 0.2) is 0 Å². The van der Waals surface area contributed by atoms with E-state index in [2.05, 4.69) is 10.9 Å². The Hall–Kier alpha value is -2.60. The van der Waals surface area contributed by atoms with E-state index in [4.69, 9.17) is 0 Å². The van der Waals surface area contributed by atoms with Crippen LogP contribution in [0.1, 0.15) is 15.9 Å². The van der Waals surface area contributed by atoms with Gasteiger partial charge in [-0.15, -0.1) is 0 Å². The lowest BCUT2D eigenvalue weighted by Gasteiger charge is -2.09. The molecule has 6 heteroatoms. The minimum absolute atomic E-state index is 0.237. The molecule has 2 aromatic rings. The molecular formula is C15H12N2O3S. The van der Waals surface area contributed by atoms with E-state index < -0.39 is 9.84 Å². The second kappa shape index (κ2) is 5.06. The number of hydrogen-bond donors (Lipinski definition) is 2. The summed E-state index contributed by atoms with van der Waals surface area (Å²) in [6.07, 6.45) is 0. The summed E-state index contributed by atoms with van der Waals surface area (Å²) in [6.45, 7) is 0. The van der Waals surface area contributed by atoms with Crippen LogP contribution in [0.4, 0.5) is 0 Å². The number of carbonyl (C=O) groups excluding carboxylic acids is 1. The molecule has 0 bridgehead atoms. The smallest absolute Gasteiger partial charge is 0.269 e. The molecule has 0 aromatic heterocycles. The normalized spacial score (nSPS) is 15.0. The van der Waals surface area contributed by atoms with Gasteiger partial charge in [0.1, 0.15) is 0 Å². The zero-order valence-electron chi connectivity index (χ0n) is 10.9. The van der Waals surface area contributed by atoms with E-state index in [1.165, 1.54) is 6.07 Å². The molecule has 21 heavy (non-hydrogen) atoms. The minimum Gasteiger partial charge on any atom is -0.297 e. The van der Waals surface area contributed by atoms with Gasteiger partial charge in [-0.2, -0.15) is 0 Å². The highest BCUT2D eigenvalue weighted by Gasteiger charge is 2.26. The summed E-state index contributed by atoms with van der Waals surface area (Å²) >= 11 is 0. The van der Waals surface area contributed by atoms with Crippen molar-refractivity contribution >= 4 is 21.4 Å². The summed E-state index contributed by atoms with van der Waals surface area (Å²) in [7, 11) is -3.44. The zero-order valence-corrected chi connectivity index (χ0v) is 11.7. The summed E-state index contributed by atoms with van der Waals surface area (Å²) in [5, 5.41) is 1.11. The molecule has 0 saturated heterocycles. The van der Waals surface area contributed by atoms with Gasteiger partial charge in [0.2, 0.25) is 9.84 Å². The lowest BCUT2D eigenvalue weighted by Crippen LogP contribution is -2.35. The fourth-order valence-electron chi connectivity index (χ4n) is 2.10. The molecule has 0 radical (unpaired) electrons. The Labute approximate surface area is 122 Å². The van der Waals surface area contributed by atoms with E-state index in [0.29, 0.717) is 16.8 Å². The van der Waals surface area contributed by atoms with Crippen LogP contribution in [0.3, 0.4) is 0 Å². The van der Waals surface area contributed by atoms with Crippen LogP contribution in [-0.4, -0.2) is 14.3 Å². The molecule has 1 aliphatic rings. The predicted molar refractivity (Wildman–Crippen MR) is 78.6 cm³/mol. The maximum atomic E-state index is 11.9. The molecule has 0 spiro atoms. The summed E-state index contributed by atoms with van der Waals surface area (Å²) in [6, 6.07) is 15.3. The van der Waals surface area contributed by atoms with Crippen molar-refractivity contribution < 1.29 is 13.2 Å². The molecule has 2 aromatic carbocycles. The van der Waals surface area contributed by atoms with E-state index in [0.717, 1.165) is 5.41 Å². The van der Waals surface area contributed by atoms with Crippen molar-refractivity contribution in [3.8, 4) is 0 Å². The molecule has 0 saturated carbocycles. The van der Waals surface area contributed by atoms with E-state index in [-0.39, 0.29) is 10.8 Å². The first-order valence-electron chi connectivity index (χ1n) is 6.25. The van der Waals surface area contributed by atoms with Crippen molar-refractivity contribution in [2.75, 3.05) is 0 Å². The maximum absolute atomic E-state index is 11.9. The van der Waals surface area contributed by atoms with Gasteiger partial charge in [0.25, 0.3) is 5.91 Å². The Morgan fingerprint density at radius 2 is 1.57 bits per heavy atom. The van der Waals surface area contributed by atoms with Crippen LogP contribution in [0, 0.1) is 0 Å². The third-order valence-corrected chi connectivity index (χ3v) is 4.62. The first kappa shape index (κ1) is 13.4. The van der Waals surface area contributed by atoms with Gasteiger partial charge < -0.3 is 0 Å². The van der Waals surface area contributed by atoms with Gasteiger partial charge >= 0.3 is 0 Å². The SMILES string of the molecule is O=C(NNC1=CS(=O)(=O)c2ccccc21)c1ccccc1. The number of amides is 1. The fraction of sp³-hybridized carbons (Fsp3) is 0. The monoisotopic (exact) mass is 300 g/mol. The molecule has 2 N–H and O–H groups in total. The van der Waals surface area contributed by atoms with Crippen molar-refractivity contribution in [2.45, 2.75) is 4.90 Å². The molecule has 0 aliphatic carbocycles. The largest absolute Gasteiger partial charge is 0.297 e. The van der Waals surface area contributed by atoms with Crippen LogP contribution < -0.4 is 10.9 Å². The molecule has 0 unspecified atom stereocenters. The van der Waals surface area contributed by atoms with E-state index in [1.807, 2.05) is 6.07 Å². The van der Waals surface area contributed by atoms with Crippen LogP contribution in [0.2, 0.25) is 0 Å². The lowest BCUT2D eigenvalue weighted by atomic mass is 10.2. The van der Waals surface area contributed by atoms with Crippen molar-refractivity contribution in [3.05, 3.63) is 71.1 Å². The number of hydrazine groups is 1. The molecule has 0 fully saturated rings. The number of fused-ring (bicyclic) bond motifs is 1. The highest BCUT2D eigenvalue weighted by Crippen LogP contribution is 2.30. The zero-order chi connectivity index (χ0) is 14.9. The maximum Gasteiger partial charge on any atom is 0.269 e. The van der Waals surface area contributed by atoms with Crippen LogP contribution in [0.5, 0.6) is 0 Å². The topological polar surface area (TPSA) is 75.3 Å². The number of carbonyl (C=O) groups is 1. The Morgan fingerprint density at radius 3 is 2.33 bits per heavy atom. The van der Waals surface area contributed by atoms with Crippen LogP contribution >= 0.6 is 0 Å². The third-order valence-electron chi connectivity index (χ3n) is 3.10. The molecule has 5 nitrogen and oxygen atoms in total. The van der Waals surface area contributed by atoms with Gasteiger partial charge in [0, 0.05) is 11.1 Å². The lowest BCUT2D eigenvalue weighted by molar-refractivity contribution is 0.0942. The second-order valence-electron chi connectivity index (χ2n) is 4.52. The molecule has 3 rings (SSSR count). The van der Waals surface area contributed by atoms with Gasteiger partial charge in [-0.05, 0) is 18.2 Å². The van der Waals surface area contributed by atoms with Gasteiger partial charge in [-0.1, -0.05) is 36.4 Å². The Balaban J connectivity index is 1.80. The number of nitrogens with one attached hydrogen (secondary N) is 2. The number of benzene rings is 2. The summed E-state index contributed by atoms with van der Waals surface area (Å²) < 4.78 is 23.9. The molecule has 1 heterocycles. The van der Waals surface area contributed by atoms with E-state index >= 15 is 0 Å². The van der Waals surface area contributed by atoms with Crippen LogP contribution in [0.15, 0.2) is 64.9 Å². The molecule has 1 aliphatic heterocycles. The van der Waals surface area contributed by atoms with Crippen molar-refractivity contribution in [1.29, 1.82) is 0 Å².